The fourth-order valence-electron chi connectivity index (χ4n) is 0.860. The lowest BCUT2D eigenvalue weighted by Gasteiger charge is -2.07. The molecule has 1 unspecified atom stereocenters. The summed E-state index contributed by atoms with van der Waals surface area (Å²) < 4.78 is 25.9. The lowest BCUT2D eigenvalue weighted by molar-refractivity contribution is 0.212. The summed E-state index contributed by atoms with van der Waals surface area (Å²) in [5.74, 6) is -0.371. The minimum absolute atomic E-state index is 0.137. The summed E-state index contributed by atoms with van der Waals surface area (Å²) in [6.45, 7) is 5.18. The second-order valence-electron chi connectivity index (χ2n) is 2.76. The predicted molar refractivity (Wildman–Crippen MR) is 48.4 cm³/mol. The molecule has 0 aromatic rings. The molecule has 0 aromatic heterocycles. The number of amides is 1. The fourth-order valence-corrected chi connectivity index (χ4v) is 2.01. The molecule has 0 bridgehead atoms. The third kappa shape index (κ3) is 6.15. The Bertz CT molecular complexity index is 283. The average molecular weight is 207 g/mol. The summed E-state index contributed by atoms with van der Waals surface area (Å²) in [6, 6.07) is 0. The molecule has 0 spiro atoms. The molecule has 6 heteroatoms. The third-order valence-electron chi connectivity index (χ3n) is 1.27. The van der Waals surface area contributed by atoms with E-state index in [4.69, 9.17) is 0 Å². The Kier molecular flexibility index (Phi) is 4.47. The van der Waals surface area contributed by atoms with Gasteiger partial charge in [0, 0.05) is 0 Å². The van der Waals surface area contributed by atoms with Crippen molar-refractivity contribution in [3.63, 3.8) is 0 Å². The molecule has 76 valence electrons. The number of hydrogen-bond acceptors (Lipinski definition) is 4. The molecule has 0 saturated carbocycles. The second-order valence-corrected chi connectivity index (χ2v) is 4.37. The van der Waals surface area contributed by atoms with Crippen molar-refractivity contribution in [2.45, 2.75) is 13.3 Å². The SMILES string of the molecule is C=CCC(C)CS(=O)(=O)OC(N)=O. The van der Waals surface area contributed by atoms with E-state index in [0.717, 1.165) is 0 Å². The smallest absolute Gasteiger partial charge is 0.334 e. The fraction of sp³-hybridized carbons (Fsp3) is 0.571. The maximum Gasteiger partial charge on any atom is 0.420 e. The number of carbonyl (C=O) groups is 1. The minimum atomic E-state index is -3.82. The summed E-state index contributed by atoms with van der Waals surface area (Å²) in [5, 5.41) is 0. The van der Waals surface area contributed by atoms with Gasteiger partial charge in [0.05, 0.1) is 5.75 Å². The number of primary amides is 1. The van der Waals surface area contributed by atoms with Crippen LogP contribution in [-0.2, 0) is 14.3 Å². The lowest BCUT2D eigenvalue weighted by atomic mass is 10.1. The largest absolute Gasteiger partial charge is 0.420 e. The highest BCUT2D eigenvalue weighted by atomic mass is 32.2. The first-order chi connectivity index (χ1) is 5.87. The van der Waals surface area contributed by atoms with Gasteiger partial charge >= 0.3 is 16.2 Å². The zero-order valence-corrected chi connectivity index (χ0v) is 8.21. The van der Waals surface area contributed by atoms with Crippen molar-refractivity contribution in [3.05, 3.63) is 12.7 Å². The number of nitrogens with two attached hydrogens (primary N) is 1. The Morgan fingerprint density at radius 1 is 1.69 bits per heavy atom. The van der Waals surface area contributed by atoms with Crippen molar-refractivity contribution >= 4 is 16.2 Å². The van der Waals surface area contributed by atoms with Crippen LogP contribution < -0.4 is 5.73 Å². The molecule has 0 saturated heterocycles. The van der Waals surface area contributed by atoms with E-state index < -0.39 is 16.2 Å². The van der Waals surface area contributed by atoms with Gasteiger partial charge < -0.3 is 9.92 Å². The summed E-state index contributed by atoms with van der Waals surface area (Å²) in [7, 11) is -3.82. The zero-order valence-electron chi connectivity index (χ0n) is 7.39. The monoisotopic (exact) mass is 207 g/mol. The van der Waals surface area contributed by atoms with Crippen LogP contribution in [0.25, 0.3) is 0 Å². The van der Waals surface area contributed by atoms with E-state index in [2.05, 4.69) is 16.5 Å². The predicted octanol–water partition coefficient (Wildman–Crippen LogP) is 0.624. The highest BCUT2D eigenvalue weighted by Gasteiger charge is 2.18. The van der Waals surface area contributed by atoms with Crippen LogP contribution in [0.5, 0.6) is 0 Å². The van der Waals surface area contributed by atoms with Crippen LogP contribution in [0.2, 0.25) is 0 Å². The molecule has 13 heavy (non-hydrogen) atoms. The molecule has 5 nitrogen and oxygen atoms in total. The Morgan fingerprint density at radius 3 is 2.62 bits per heavy atom. The highest BCUT2D eigenvalue weighted by Crippen LogP contribution is 2.07. The summed E-state index contributed by atoms with van der Waals surface area (Å²) in [6.07, 6.45) is 0.844. The lowest BCUT2D eigenvalue weighted by Crippen LogP contribution is -2.23. The van der Waals surface area contributed by atoms with Crippen LogP contribution in [-0.4, -0.2) is 20.3 Å². The van der Waals surface area contributed by atoms with Crippen molar-refractivity contribution in [3.8, 4) is 0 Å². The van der Waals surface area contributed by atoms with Crippen LogP contribution in [0.1, 0.15) is 13.3 Å². The topological polar surface area (TPSA) is 86.5 Å². The highest BCUT2D eigenvalue weighted by molar-refractivity contribution is 7.87. The maximum atomic E-state index is 11.0. The van der Waals surface area contributed by atoms with Crippen LogP contribution in [0.4, 0.5) is 4.79 Å². The van der Waals surface area contributed by atoms with Crippen LogP contribution in [0, 0.1) is 5.92 Å². The molecule has 0 fully saturated rings. The molecule has 1 atom stereocenters. The number of hydrogen-bond donors (Lipinski definition) is 1. The van der Waals surface area contributed by atoms with Gasteiger partial charge in [0.2, 0.25) is 0 Å². The first kappa shape index (κ1) is 12.0. The molecule has 0 aliphatic rings. The number of allylic oxidation sites excluding steroid dienone is 1. The first-order valence-electron chi connectivity index (χ1n) is 3.70. The number of carbonyl (C=O) groups excluding carboxylic acids is 1. The van der Waals surface area contributed by atoms with Gasteiger partial charge in [-0.2, -0.15) is 8.42 Å². The van der Waals surface area contributed by atoms with E-state index >= 15 is 0 Å². The van der Waals surface area contributed by atoms with Gasteiger partial charge in [0.15, 0.2) is 0 Å². The Labute approximate surface area is 77.7 Å². The Balaban J connectivity index is 4.17. The third-order valence-corrected chi connectivity index (χ3v) is 2.66. The van der Waals surface area contributed by atoms with Gasteiger partial charge in [-0.25, -0.2) is 4.79 Å². The molecular weight excluding hydrogens is 194 g/mol. The van der Waals surface area contributed by atoms with Gasteiger partial charge in [-0.1, -0.05) is 13.0 Å². The van der Waals surface area contributed by atoms with Crippen LogP contribution >= 0.6 is 0 Å². The molecule has 0 radical (unpaired) electrons. The molecular formula is C7H13NO4S. The summed E-state index contributed by atoms with van der Waals surface area (Å²) in [4.78, 5) is 10.2. The van der Waals surface area contributed by atoms with E-state index in [-0.39, 0.29) is 11.7 Å². The van der Waals surface area contributed by atoms with Crippen LogP contribution in [0.15, 0.2) is 12.7 Å². The van der Waals surface area contributed by atoms with E-state index in [0.29, 0.717) is 6.42 Å². The number of rotatable bonds is 5. The van der Waals surface area contributed by atoms with Gasteiger partial charge in [-0.05, 0) is 12.3 Å². The zero-order chi connectivity index (χ0) is 10.5. The van der Waals surface area contributed by atoms with Gasteiger partial charge in [0.25, 0.3) is 0 Å². The second kappa shape index (κ2) is 4.86. The van der Waals surface area contributed by atoms with E-state index in [9.17, 15) is 13.2 Å². The normalized spacial score (nSPS) is 13.3. The standard InChI is InChI=1S/C7H13NO4S/c1-3-4-6(2)5-13(10,11)12-7(8)9/h3,6H,1,4-5H2,2H3,(H2,8,9). The Morgan fingerprint density at radius 2 is 2.23 bits per heavy atom. The summed E-state index contributed by atoms with van der Waals surface area (Å²) >= 11 is 0. The average Bonchev–Trinajstić information content (AvgIpc) is 1.81. The molecule has 2 N–H and O–H groups in total. The molecule has 0 rings (SSSR count). The molecule has 1 amide bonds. The van der Waals surface area contributed by atoms with Crippen molar-refractivity contribution in [2.75, 3.05) is 5.75 Å². The van der Waals surface area contributed by atoms with E-state index in [1.807, 2.05) is 0 Å². The maximum absolute atomic E-state index is 11.0. The van der Waals surface area contributed by atoms with Crippen molar-refractivity contribution < 1.29 is 17.4 Å². The summed E-state index contributed by atoms with van der Waals surface area (Å²) in [5.41, 5.74) is 4.57. The first-order valence-corrected chi connectivity index (χ1v) is 5.27. The van der Waals surface area contributed by atoms with Gasteiger partial charge in [0.1, 0.15) is 0 Å². The molecule has 0 heterocycles. The van der Waals surface area contributed by atoms with Gasteiger partial charge in [-0.3, -0.25) is 0 Å². The Hall–Kier alpha value is -1.04. The van der Waals surface area contributed by atoms with Gasteiger partial charge in [-0.15, -0.1) is 6.58 Å². The molecule has 0 aliphatic heterocycles. The van der Waals surface area contributed by atoms with Crippen molar-refractivity contribution in [2.24, 2.45) is 11.7 Å². The van der Waals surface area contributed by atoms with E-state index in [1.54, 1.807) is 13.0 Å². The van der Waals surface area contributed by atoms with Crippen molar-refractivity contribution in [1.82, 2.24) is 0 Å². The van der Waals surface area contributed by atoms with Crippen LogP contribution in [0.3, 0.4) is 0 Å². The minimum Gasteiger partial charge on any atom is -0.334 e. The quantitative estimate of drug-likeness (QED) is 0.529. The van der Waals surface area contributed by atoms with E-state index in [1.165, 1.54) is 0 Å². The van der Waals surface area contributed by atoms with Crippen molar-refractivity contribution in [1.29, 1.82) is 0 Å². The molecule has 0 aromatic carbocycles. The molecule has 0 aliphatic carbocycles.